The molecular formula is C15H34O4S2. The molecule has 0 spiro atoms. The maximum atomic E-state index is 9.73. The molecule has 0 amide bonds. The van der Waals surface area contributed by atoms with Gasteiger partial charge in [0.15, 0.2) is 6.29 Å². The maximum absolute atomic E-state index is 9.73. The molecule has 0 unspecified atom stereocenters. The largest absolute Gasteiger partial charge is 0.394 e. The fraction of sp³-hybridized carbons (Fsp3) is 1.00. The highest BCUT2D eigenvalue weighted by Crippen LogP contribution is 2.53. The molecule has 0 aromatic rings. The van der Waals surface area contributed by atoms with Crippen molar-refractivity contribution < 1.29 is 19.7 Å². The molecular weight excluding hydrogens is 308 g/mol. The van der Waals surface area contributed by atoms with Crippen LogP contribution in [0.25, 0.3) is 0 Å². The average molecular weight is 343 g/mol. The first-order valence-electron chi connectivity index (χ1n) is 7.52. The topological polar surface area (TPSA) is 58.9 Å². The zero-order chi connectivity index (χ0) is 16.1. The standard InChI is InChI=1S/C15H34O4S2/c1-20(2,3)12-21(4,5)8-6-7-18-15-10-13(17)9-14(11-16)19-15/h13-17H,6-12H2,1-5H3/t13-,14-,15+/m0/s1. The smallest absolute Gasteiger partial charge is 0.160 e. The van der Waals surface area contributed by atoms with Crippen molar-refractivity contribution >= 4 is 20.1 Å². The number of ether oxygens (including phenoxy) is 2. The van der Waals surface area contributed by atoms with Crippen LogP contribution in [0, 0.1) is 0 Å². The van der Waals surface area contributed by atoms with Crippen LogP contribution in [0.2, 0.25) is 0 Å². The third kappa shape index (κ3) is 8.67. The highest BCUT2D eigenvalue weighted by molar-refractivity contribution is 8.47. The molecule has 1 aliphatic rings. The van der Waals surface area contributed by atoms with Gasteiger partial charge in [-0.05, 0) is 43.5 Å². The Morgan fingerprint density at radius 3 is 2.38 bits per heavy atom. The van der Waals surface area contributed by atoms with Crippen molar-refractivity contribution in [2.45, 2.75) is 37.8 Å². The third-order valence-corrected chi connectivity index (χ3v) is 10.1. The molecule has 6 heteroatoms. The monoisotopic (exact) mass is 342 g/mol. The molecule has 2 N–H and O–H groups in total. The van der Waals surface area contributed by atoms with Crippen LogP contribution in [-0.4, -0.2) is 84.0 Å². The van der Waals surface area contributed by atoms with E-state index >= 15 is 0 Å². The van der Waals surface area contributed by atoms with Crippen LogP contribution in [0.15, 0.2) is 0 Å². The lowest BCUT2D eigenvalue weighted by atomic mass is 10.1. The molecule has 1 aliphatic heterocycles. The van der Waals surface area contributed by atoms with Crippen LogP contribution in [-0.2, 0) is 9.47 Å². The normalized spacial score (nSPS) is 29.4. The zero-order valence-electron chi connectivity index (χ0n) is 14.2. The van der Waals surface area contributed by atoms with Crippen molar-refractivity contribution in [3.05, 3.63) is 0 Å². The average Bonchev–Trinajstić information content (AvgIpc) is 2.31. The van der Waals surface area contributed by atoms with E-state index in [1.54, 1.807) is 0 Å². The van der Waals surface area contributed by atoms with Gasteiger partial charge in [-0.3, -0.25) is 0 Å². The second kappa shape index (κ2) is 8.41. The van der Waals surface area contributed by atoms with Crippen LogP contribution in [0.5, 0.6) is 0 Å². The van der Waals surface area contributed by atoms with Crippen molar-refractivity contribution in [1.29, 1.82) is 0 Å². The van der Waals surface area contributed by atoms with Crippen molar-refractivity contribution in [1.82, 2.24) is 0 Å². The first-order chi connectivity index (χ1) is 9.61. The molecule has 130 valence electrons. The Morgan fingerprint density at radius 2 is 1.81 bits per heavy atom. The van der Waals surface area contributed by atoms with Crippen LogP contribution < -0.4 is 0 Å². The molecule has 1 saturated heterocycles. The van der Waals surface area contributed by atoms with Gasteiger partial charge in [-0.2, -0.15) is 0 Å². The van der Waals surface area contributed by atoms with Gasteiger partial charge in [0.2, 0.25) is 0 Å². The number of hydrogen-bond acceptors (Lipinski definition) is 4. The number of rotatable bonds is 8. The van der Waals surface area contributed by atoms with Gasteiger partial charge in [-0.15, -0.1) is 0 Å². The lowest BCUT2D eigenvalue weighted by Crippen LogP contribution is -2.39. The number of aliphatic hydroxyl groups is 2. The van der Waals surface area contributed by atoms with E-state index in [-0.39, 0.29) is 19.0 Å². The summed E-state index contributed by atoms with van der Waals surface area (Å²) in [6.07, 6.45) is 12.9. The molecule has 21 heavy (non-hydrogen) atoms. The van der Waals surface area contributed by atoms with E-state index in [2.05, 4.69) is 31.3 Å². The Hall–Kier alpha value is 0.540. The van der Waals surface area contributed by atoms with Crippen molar-refractivity contribution in [2.24, 2.45) is 0 Å². The Bertz CT molecular complexity index is 305. The molecule has 0 radical (unpaired) electrons. The number of hydrogen-bond donors (Lipinski definition) is 2. The van der Waals surface area contributed by atoms with Gasteiger partial charge in [0.1, 0.15) is 0 Å². The predicted molar refractivity (Wildman–Crippen MR) is 96.1 cm³/mol. The molecule has 0 bridgehead atoms. The van der Waals surface area contributed by atoms with E-state index in [0.29, 0.717) is 19.4 Å². The lowest BCUT2D eigenvalue weighted by Gasteiger charge is -2.40. The van der Waals surface area contributed by atoms with Gasteiger partial charge in [0.25, 0.3) is 0 Å². The van der Waals surface area contributed by atoms with Gasteiger partial charge in [0.05, 0.1) is 25.4 Å². The Balaban J connectivity index is 2.24. The van der Waals surface area contributed by atoms with Gasteiger partial charge in [-0.1, -0.05) is 0 Å². The van der Waals surface area contributed by atoms with Crippen LogP contribution in [0.1, 0.15) is 19.3 Å². The minimum absolute atomic E-state index is 0.0531. The summed E-state index contributed by atoms with van der Waals surface area (Å²) >= 11 is 0. The SMILES string of the molecule is CS(C)(C)CS(C)(C)CCCO[C@H]1C[C@@H](O)C[C@@H](CO)O1. The van der Waals surface area contributed by atoms with Gasteiger partial charge in [-0.25, -0.2) is 20.1 Å². The summed E-state index contributed by atoms with van der Waals surface area (Å²) in [6.45, 7) is 0.619. The molecule has 0 aromatic carbocycles. The summed E-state index contributed by atoms with van der Waals surface area (Å²) in [4.78, 5) is 0. The molecule has 4 nitrogen and oxygen atoms in total. The fourth-order valence-corrected chi connectivity index (χ4v) is 11.9. The summed E-state index contributed by atoms with van der Waals surface area (Å²) in [7, 11) is -0.988. The quantitative estimate of drug-likeness (QED) is 0.662. The highest BCUT2D eigenvalue weighted by atomic mass is 32.3. The van der Waals surface area contributed by atoms with Crippen molar-refractivity contribution in [2.75, 3.05) is 55.3 Å². The molecule has 1 fully saturated rings. The minimum atomic E-state index is -0.542. The van der Waals surface area contributed by atoms with E-state index in [1.165, 1.54) is 10.8 Å². The van der Waals surface area contributed by atoms with E-state index < -0.39 is 26.2 Å². The zero-order valence-corrected chi connectivity index (χ0v) is 15.8. The second-order valence-corrected chi connectivity index (χ2v) is 16.5. The first kappa shape index (κ1) is 19.6. The van der Waals surface area contributed by atoms with Crippen LogP contribution in [0.4, 0.5) is 0 Å². The minimum Gasteiger partial charge on any atom is -0.394 e. The van der Waals surface area contributed by atoms with Crippen LogP contribution in [0.3, 0.4) is 0 Å². The highest BCUT2D eigenvalue weighted by Gasteiger charge is 2.28. The van der Waals surface area contributed by atoms with E-state index in [1.807, 2.05) is 0 Å². The van der Waals surface area contributed by atoms with Gasteiger partial charge >= 0.3 is 0 Å². The molecule has 0 saturated carbocycles. The summed E-state index contributed by atoms with van der Waals surface area (Å²) in [5.74, 6) is 1.22. The molecule has 1 rings (SSSR count). The summed E-state index contributed by atoms with van der Waals surface area (Å²) in [6, 6.07) is 0. The van der Waals surface area contributed by atoms with Crippen molar-refractivity contribution in [3.8, 4) is 0 Å². The predicted octanol–water partition coefficient (Wildman–Crippen LogP) is 1.97. The Morgan fingerprint density at radius 1 is 1.14 bits per heavy atom. The second-order valence-electron chi connectivity index (χ2n) is 7.40. The van der Waals surface area contributed by atoms with Gasteiger partial charge in [0, 0.05) is 17.9 Å². The molecule has 3 atom stereocenters. The van der Waals surface area contributed by atoms with E-state index in [4.69, 9.17) is 14.6 Å². The Kier molecular flexibility index (Phi) is 7.84. The van der Waals surface area contributed by atoms with Gasteiger partial charge < -0.3 is 19.7 Å². The lowest BCUT2D eigenvalue weighted by molar-refractivity contribution is -0.221. The van der Waals surface area contributed by atoms with E-state index in [9.17, 15) is 5.11 Å². The fourth-order valence-electron chi connectivity index (χ4n) is 2.85. The van der Waals surface area contributed by atoms with E-state index in [0.717, 1.165) is 6.42 Å². The van der Waals surface area contributed by atoms with Crippen LogP contribution >= 0.6 is 20.1 Å². The summed E-state index contributed by atoms with van der Waals surface area (Å²) in [5, 5.41) is 20.2. The van der Waals surface area contributed by atoms with Crippen molar-refractivity contribution in [3.63, 3.8) is 0 Å². The molecule has 1 heterocycles. The summed E-state index contributed by atoms with van der Waals surface area (Å²) in [5.41, 5.74) is 0. The molecule has 0 aromatic heterocycles. The third-order valence-electron chi connectivity index (χ3n) is 3.36. The number of aliphatic hydroxyl groups excluding tert-OH is 2. The molecule has 0 aliphatic carbocycles. The maximum Gasteiger partial charge on any atom is 0.160 e. The Labute approximate surface area is 133 Å². The first-order valence-corrected chi connectivity index (χ1v) is 13.3. The summed E-state index contributed by atoms with van der Waals surface area (Å²) < 4.78 is 11.3.